The molecule has 8 nitrogen and oxygen atoms in total. The third kappa shape index (κ3) is 11.1. The molecule has 47 heavy (non-hydrogen) atoms. The Kier molecular flexibility index (Phi) is 14.5. The standard InChI is InChI=1S/C39H58O8/c1-24(2)12-11-21-38(8)22-20-29-33(41)32(35(46-10)30(34(29)47-38)17-14-26(5)6)31(40)18-16-28(15-13-25(3)4)36(42)39(9,45)23-19-27(7)37(43)44/h12,14,19-20,22,25,28,36,41-42,45H,11,13,15-18,21,23H2,1-10H3,(H,43,44)/b27-19-. The molecule has 0 fully saturated rings. The first-order valence-electron chi connectivity index (χ1n) is 16.8. The lowest BCUT2D eigenvalue weighted by Gasteiger charge is -2.35. The van der Waals surface area contributed by atoms with Gasteiger partial charge in [-0.25, -0.2) is 4.79 Å². The van der Waals surface area contributed by atoms with E-state index >= 15 is 0 Å². The van der Waals surface area contributed by atoms with Crippen LogP contribution in [0.2, 0.25) is 0 Å². The second-order valence-corrected chi connectivity index (χ2v) is 14.4. The number of carboxylic acids is 1. The summed E-state index contributed by atoms with van der Waals surface area (Å²) in [4.78, 5) is 25.3. The van der Waals surface area contributed by atoms with Crippen LogP contribution in [0.15, 0.2) is 41.0 Å². The van der Waals surface area contributed by atoms with Crippen LogP contribution < -0.4 is 9.47 Å². The molecule has 0 aromatic heterocycles. The van der Waals surface area contributed by atoms with Crippen LogP contribution in [0, 0.1) is 11.8 Å². The molecule has 0 amide bonds. The van der Waals surface area contributed by atoms with E-state index in [9.17, 15) is 30.0 Å². The van der Waals surface area contributed by atoms with Crippen molar-refractivity contribution in [3.8, 4) is 17.2 Å². The molecule has 0 aliphatic carbocycles. The summed E-state index contributed by atoms with van der Waals surface area (Å²) in [6.45, 7) is 17.2. The number of Topliss-reactive ketones (excluding diaryl/α,β-unsaturated/α-hetero) is 1. The highest BCUT2D eigenvalue weighted by Gasteiger charge is 2.38. The molecule has 0 bridgehead atoms. The van der Waals surface area contributed by atoms with Crippen molar-refractivity contribution in [2.75, 3.05) is 7.11 Å². The Morgan fingerprint density at radius 2 is 1.68 bits per heavy atom. The first-order chi connectivity index (χ1) is 21.8. The number of hydrogen-bond donors (Lipinski definition) is 4. The minimum atomic E-state index is -1.61. The predicted octanol–water partition coefficient (Wildman–Crippen LogP) is 8.37. The van der Waals surface area contributed by atoms with E-state index in [-0.39, 0.29) is 47.7 Å². The van der Waals surface area contributed by atoms with E-state index in [2.05, 4.69) is 33.8 Å². The number of phenolic OH excluding ortho intramolecular Hbond substituents is 1. The fourth-order valence-corrected chi connectivity index (χ4v) is 5.85. The number of hydrogen-bond acceptors (Lipinski definition) is 7. The van der Waals surface area contributed by atoms with Crippen LogP contribution in [0.25, 0.3) is 6.08 Å². The minimum Gasteiger partial charge on any atom is -0.506 e. The summed E-state index contributed by atoms with van der Waals surface area (Å²) in [5.41, 5.74) is 1.37. The first-order valence-corrected chi connectivity index (χ1v) is 16.8. The lowest BCUT2D eigenvalue weighted by Crippen LogP contribution is -2.44. The molecule has 0 radical (unpaired) electrons. The number of benzene rings is 1. The van der Waals surface area contributed by atoms with Crippen molar-refractivity contribution in [1.29, 1.82) is 0 Å². The van der Waals surface area contributed by atoms with Gasteiger partial charge in [-0.15, -0.1) is 0 Å². The van der Waals surface area contributed by atoms with Gasteiger partial charge in [0.2, 0.25) is 0 Å². The Morgan fingerprint density at radius 1 is 1.04 bits per heavy atom. The summed E-state index contributed by atoms with van der Waals surface area (Å²) in [5, 5.41) is 43.4. The van der Waals surface area contributed by atoms with Crippen LogP contribution in [0.4, 0.5) is 0 Å². The lowest BCUT2D eigenvalue weighted by atomic mass is 9.79. The molecule has 1 aliphatic heterocycles. The number of carboxylic acid groups (broad SMARTS) is 1. The van der Waals surface area contributed by atoms with E-state index in [0.717, 1.165) is 24.8 Å². The average Bonchev–Trinajstić information content (AvgIpc) is 2.97. The third-order valence-corrected chi connectivity index (χ3v) is 8.94. The maximum Gasteiger partial charge on any atom is 0.330 e. The van der Waals surface area contributed by atoms with Crippen LogP contribution in [-0.2, 0) is 11.2 Å². The van der Waals surface area contributed by atoms with Crippen molar-refractivity contribution in [2.45, 2.75) is 131 Å². The molecule has 0 saturated heterocycles. The highest BCUT2D eigenvalue weighted by molar-refractivity contribution is 6.03. The lowest BCUT2D eigenvalue weighted by molar-refractivity contribution is -0.132. The van der Waals surface area contributed by atoms with Crippen LogP contribution in [-0.4, -0.2) is 56.6 Å². The monoisotopic (exact) mass is 654 g/mol. The van der Waals surface area contributed by atoms with Gasteiger partial charge < -0.3 is 29.9 Å². The summed E-state index contributed by atoms with van der Waals surface area (Å²) >= 11 is 0. The van der Waals surface area contributed by atoms with Crippen molar-refractivity contribution in [3.63, 3.8) is 0 Å². The second kappa shape index (κ2) is 17.2. The largest absolute Gasteiger partial charge is 0.506 e. The third-order valence-electron chi connectivity index (χ3n) is 8.94. The van der Waals surface area contributed by atoms with Crippen molar-refractivity contribution in [2.24, 2.45) is 11.8 Å². The normalized spacial score (nSPS) is 18.4. The van der Waals surface area contributed by atoms with Crippen molar-refractivity contribution in [1.82, 2.24) is 0 Å². The van der Waals surface area contributed by atoms with E-state index in [4.69, 9.17) is 9.47 Å². The van der Waals surface area contributed by atoms with Crippen LogP contribution in [0.5, 0.6) is 17.2 Å². The van der Waals surface area contributed by atoms with Gasteiger partial charge in [0.1, 0.15) is 28.4 Å². The van der Waals surface area contributed by atoms with E-state index in [1.165, 1.54) is 32.6 Å². The number of aliphatic hydroxyl groups is 2. The Hall–Kier alpha value is -3.36. The van der Waals surface area contributed by atoms with Gasteiger partial charge in [-0.2, -0.15) is 0 Å². The van der Waals surface area contributed by atoms with Crippen LogP contribution in [0.1, 0.15) is 129 Å². The van der Waals surface area contributed by atoms with Crippen molar-refractivity contribution >= 4 is 17.8 Å². The van der Waals surface area contributed by atoms with E-state index in [1.807, 2.05) is 39.0 Å². The number of methoxy groups -OCH3 is 1. The van der Waals surface area contributed by atoms with Gasteiger partial charge in [0.05, 0.1) is 24.4 Å². The zero-order chi connectivity index (χ0) is 35.7. The number of aliphatic hydroxyl groups excluding tert-OH is 1. The average molecular weight is 655 g/mol. The van der Waals surface area contributed by atoms with Gasteiger partial charge >= 0.3 is 5.97 Å². The minimum absolute atomic E-state index is 0.00429. The number of carbonyl (C=O) groups is 2. The summed E-state index contributed by atoms with van der Waals surface area (Å²) in [7, 11) is 1.48. The number of carbonyl (C=O) groups excluding carboxylic acids is 1. The Morgan fingerprint density at radius 3 is 2.23 bits per heavy atom. The van der Waals surface area contributed by atoms with Crippen LogP contribution >= 0.6 is 0 Å². The molecule has 2 rings (SSSR count). The summed E-state index contributed by atoms with van der Waals surface area (Å²) in [6.07, 6.45) is 11.7. The van der Waals surface area contributed by atoms with Gasteiger partial charge in [-0.05, 0) is 111 Å². The molecule has 0 saturated carbocycles. The number of phenols is 1. The number of aliphatic carboxylic acids is 1. The quantitative estimate of drug-likeness (QED) is 0.0705. The molecule has 1 aliphatic rings. The molecule has 4 atom stereocenters. The molecule has 1 aromatic carbocycles. The summed E-state index contributed by atoms with van der Waals surface area (Å²) in [5.74, 6) is -0.974. The Balaban J connectivity index is 2.52. The number of fused-ring (bicyclic) bond motifs is 1. The highest BCUT2D eigenvalue weighted by Crippen LogP contribution is 2.49. The summed E-state index contributed by atoms with van der Waals surface area (Å²) in [6, 6.07) is 0. The number of ether oxygens (including phenoxy) is 2. The van der Waals surface area contributed by atoms with Gasteiger partial charge in [0.25, 0.3) is 0 Å². The SMILES string of the molecule is COc1c(CC=C(C)C)c2c(c(O)c1C(=O)CCC(CCC(C)C)C(O)C(C)(O)C/C=C(/C)C(=O)O)C=CC(C)(CCC=C(C)C)O2. The number of aromatic hydroxyl groups is 1. The fourth-order valence-electron chi connectivity index (χ4n) is 5.85. The van der Waals surface area contributed by atoms with Crippen LogP contribution in [0.3, 0.4) is 0 Å². The van der Waals surface area contributed by atoms with Gasteiger partial charge in [-0.3, -0.25) is 4.79 Å². The molecule has 4 N–H and O–H groups in total. The highest BCUT2D eigenvalue weighted by atomic mass is 16.5. The molecule has 1 heterocycles. The Labute approximate surface area is 281 Å². The van der Waals surface area contributed by atoms with Crippen molar-refractivity contribution < 1.29 is 39.5 Å². The Bertz CT molecular complexity index is 1390. The number of rotatable bonds is 18. The van der Waals surface area contributed by atoms with E-state index < -0.39 is 29.2 Å². The van der Waals surface area contributed by atoms with Gasteiger partial charge in [0, 0.05) is 17.6 Å². The molecule has 8 heteroatoms. The molecular formula is C39H58O8. The molecule has 0 spiro atoms. The predicted molar refractivity (Wildman–Crippen MR) is 188 cm³/mol. The smallest absolute Gasteiger partial charge is 0.330 e. The first kappa shape index (κ1) is 39.8. The number of allylic oxidation sites excluding steroid dienone is 4. The zero-order valence-electron chi connectivity index (χ0n) is 30.2. The van der Waals surface area contributed by atoms with Crippen molar-refractivity contribution in [3.05, 3.63) is 57.7 Å². The topological polar surface area (TPSA) is 134 Å². The van der Waals surface area contributed by atoms with E-state index in [1.54, 1.807) is 0 Å². The second-order valence-electron chi connectivity index (χ2n) is 14.4. The molecular weight excluding hydrogens is 596 g/mol. The maximum absolute atomic E-state index is 14.0. The fraction of sp³-hybridized carbons (Fsp3) is 0.590. The molecule has 262 valence electrons. The maximum atomic E-state index is 14.0. The zero-order valence-corrected chi connectivity index (χ0v) is 30.2. The molecule has 1 aromatic rings. The molecule has 4 unspecified atom stereocenters. The van der Waals surface area contributed by atoms with E-state index in [0.29, 0.717) is 35.6 Å². The van der Waals surface area contributed by atoms with Gasteiger partial charge in [-0.1, -0.05) is 49.6 Å². The number of ketones is 1. The summed E-state index contributed by atoms with van der Waals surface area (Å²) < 4.78 is 12.5. The van der Waals surface area contributed by atoms with Gasteiger partial charge in [0.15, 0.2) is 5.78 Å².